The van der Waals surface area contributed by atoms with Gasteiger partial charge in [-0.05, 0) is 37.7 Å². The molecule has 0 spiro atoms. The normalized spacial score (nSPS) is 20.2. The first kappa shape index (κ1) is 12.0. The van der Waals surface area contributed by atoms with Crippen LogP contribution in [0.4, 0.5) is 0 Å². The van der Waals surface area contributed by atoms with Crippen LogP contribution in [-0.4, -0.2) is 17.6 Å². The van der Waals surface area contributed by atoms with Gasteiger partial charge in [-0.2, -0.15) is 0 Å². The van der Waals surface area contributed by atoms with Gasteiger partial charge in [0.2, 0.25) is 5.88 Å². The highest BCUT2D eigenvalue weighted by molar-refractivity contribution is 5.25. The molecule has 0 unspecified atom stereocenters. The minimum absolute atomic E-state index is 0.730. The van der Waals surface area contributed by atoms with Gasteiger partial charge in [0.1, 0.15) is 0 Å². The highest BCUT2D eigenvalue weighted by atomic mass is 16.5. The number of pyridine rings is 1. The summed E-state index contributed by atoms with van der Waals surface area (Å²) in [6, 6.07) is 4.84. The molecule has 0 saturated heterocycles. The van der Waals surface area contributed by atoms with Crippen LogP contribution in [0.1, 0.15) is 44.1 Å². The van der Waals surface area contributed by atoms with Crippen LogP contribution in [-0.2, 0) is 6.54 Å². The van der Waals surface area contributed by atoms with Gasteiger partial charge in [-0.15, -0.1) is 0 Å². The zero-order valence-electron chi connectivity index (χ0n) is 10.9. The molecule has 18 heavy (non-hydrogen) atoms. The summed E-state index contributed by atoms with van der Waals surface area (Å²) in [5, 5.41) is 3.52. The largest absolute Gasteiger partial charge is 0.477 e. The second-order valence-electron chi connectivity index (χ2n) is 5.58. The third-order valence-corrected chi connectivity index (χ3v) is 3.94. The summed E-state index contributed by atoms with van der Waals surface area (Å²) in [5.41, 5.74) is 1.20. The predicted octanol–water partition coefficient (Wildman–Crippen LogP) is 2.90. The molecule has 0 aromatic carbocycles. The summed E-state index contributed by atoms with van der Waals surface area (Å²) in [5.74, 6) is 1.58. The smallest absolute Gasteiger partial charge is 0.217 e. The lowest BCUT2D eigenvalue weighted by Gasteiger charge is -2.13. The monoisotopic (exact) mass is 246 g/mol. The summed E-state index contributed by atoms with van der Waals surface area (Å²) >= 11 is 0. The van der Waals surface area contributed by atoms with Gasteiger partial charge in [0.15, 0.2) is 0 Å². The van der Waals surface area contributed by atoms with E-state index in [1.165, 1.54) is 44.1 Å². The van der Waals surface area contributed by atoms with E-state index in [-0.39, 0.29) is 0 Å². The maximum absolute atomic E-state index is 5.92. The first-order chi connectivity index (χ1) is 8.92. The van der Waals surface area contributed by atoms with Gasteiger partial charge in [0.05, 0.1) is 6.61 Å². The summed E-state index contributed by atoms with van der Waals surface area (Å²) < 4.78 is 5.92. The molecule has 2 fully saturated rings. The number of ether oxygens (including phenoxy) is 1. The van der Waals surface area contributed by atoms with Crippen LogP contribution in [0.5, 0.6) is 5.88 Å². The number of nitrogens with zero attached hydrogens (tertiary/aromatic N) is 1. The van der Waals surface area contributed by atoms with Crippen molar-refractivity contribution in [2.75, 3.05) is 6.61 Å². The standard InChI is InChI=1S/C15H22N2O/c1-2-5-12(4-1)11-18-15-13(6-3-9-16-15)10-17-14-7-8-14/h3,6,9,12,14,17H,1-2,4-5,7-8,10-11H2. The molecule has 1 aromatic heterocycles. The topological polar surface area (TPSA) is 34.1 Å². The second kappa shape index (κ2) is 5.70. The van der Waals surface area contributed by atoms with Crippen LogP contribution >= 0.6 is 0 Å². The maximum Gasteiger partial charge on any atom is 0.217 e. The van der Waals surface area contributed by atoms with Crippen LogP contribution < -0.4 is 10.1 Å². The number of rotatable bonds is 6. The molecule has 0 amide bonds. The molecule has 3 heteroatoms. The Balaban J connectivity index is 1.55. The quantitative estimate of drug-likeness (QED) is 0.838. The van der Waals surface area contributed by atoms with Crippen molar-refractivity contribution in [1.82, 2.24) is 10.3 Å². The summed E-state index contributed by atoms with van der Waals surface area (Å²) in [6.45, 7) is 1.73. The summed E-state index contributed by atoms with van der Waals surface area (Å²) in [6.07, 6.45) is 9.84. The Kier molecular flexibility index (Phi) is 3.79. The molecule has 0 bridgehead atoms. The Hall–Kier alpha value is -1.09. The molecule has 3 nitrogen and oxygen atoms in total. The van der Waals surface area contributed by atoms with Crippen molar-refractivity contribution < 1.29 is 4.74 Å². The molecule has 98 valence electrons. The molecule has 0 aliphatic heterocycles. The van der Waals surface area contributed by atoms with E-state index in [9.17, 15) is 0 Å². The van der Waals surface area contributed by atoms with Crippen molar-refractivity contribution >= 4 is 0 Å². The molecular weight excluding hydrogens is 224 g/mol. The van der Waals surface area contributed by atoms with Gasteiger partial charge in [-0.3, -0.25) is 0 Å². The predicted molar refractivity (Wildman–Crippen MR) is 71.6 cm³/mol. The average Bonchev–Trinajstić information content (AvgIpc) is 3.09. The van der Waals surface area contributed by atoms with E-state index in [1.807, 2.05) is 12.3 Å². The summed E-state index contributed by atoms with van der Waals surface area (Å²) in [7, 11) is 0. The molecular formula is C15H22N2O. The first-order valence-electron chi connectivity index (χ1n) is 7.22. The van der Waals surface area contributed by atoms with Crippen LogP contribution in [0.3, 0.4) is 0 Å². The Morgan fingerprint density at radius 2 is 2.06 bits per heavy atom. The van der Waals surface area contributed by atoms with Crippen molar-refractivity contribution in [2.24, 2.45) is 5.92 Å². The number of hydrogen-bond acceptors (Lipinski definition) is 3. The van der Waals surface area contributed by atoms with E-state index in [2.05, 4.69) is 16.4 Å². The van der Waals surface area contributed by atoms with Crippen molar-refractivity contribution in [3.8, 4) is 5.88 Å². The Morgan fingerprint density at radius 3 is 2.83 bits per heavy atom. The molecule has 0 atom stereocenters. The molecule has 2 aliphatic carbocycles. The maximum atomic E-state index is 5.92. The van der Waals surface area contributed by atoms with Crippen LogP contribution in [0, 0.1) is 5.92 Å². The zero-order chi connectivity index (χ0) is 12.2. The molecule has 1 heterocycles. The van der Waals surface area contributed by atoms with E-state index in [0.717, 1.165) is 31.0 Å². The van der Waals surface area contributed by atoms with E-state index >= 15 is 0 Å². The van der Waals surface area contributed by atoms with Gasteiger partial charge in [0.25, 0.3) is 0 Å². The van der Waals surface area contributed by atoms with Crippen molar-refractivity contribution in [2.45, 2.75) is 51.1 Å². The van der Waals surface area contributed by atoms with Crippen molar-refractivity contribution in [1.29, 1.82) is 0 Å². The summed E-state index contributed by atoms with van der Waals surface area (Å²) in [4.78, 5) is 4.38. The van der Waals surface area contributed by atoms with Crippen LogP contribution in [0.15, 0.2) is 18.3 Å². The SMILES string of the molecule is c1cnc(OCC2CCCC2)c(CNC2CC2)c1. The van der Waals surface area contributed by atoms with Crippen molar-refractivity contribution in [3.05, 3.63) is 23.9 Å². The van der Waals surface area contributed by atoms with Crippen LogP contribution in [0.2, 0.25) is 0 Å². The van der Waals surface area contributed by atoms with Gasteiger partial charge in [-0.25, -0.2) is 4.98 Å². The number of nitrogens with one attached hydrogen (secondary N) is 1. The van der Waals surface area contributed by atoms with E-state index in [1.54, 1.807) is 0 Å². The highest BCUT2D eigenvalue weighted by Gasteiger charge is 2.21. The molecule has 1 N–H and O–H groups in total. The fourth-order valence-electron chi connectivity index (χ4n) is 2.60. The second-order valence-corrected chi connectivity index (χ2v) is 5.58. The molecule has 0 radical (unpaired) electrons. The molecule has 3 rings (SSSR count). The molecule has 2 saturated carbocycles. The fraction of sp³-hybridized carbons (Fsp3) is 0.667. The number of hydrogen-bond donors (Lipinski definition) is 1. The lowest BCUT2D eigenvalue weighted by atomic mass is 10.1. The van der Waals surface area contributed by atoms with E-state index in [4.69, 9.17) is 4.74 Å². The van der Waals surface area contributed by atoms with Crippen LogP contribution in [0.25, 0.3) is 0 Å². The lowest BCUT2D eigenvalue weighted by molar-refractivity contribution is 0.240. The third-order valence-electron chi connectivity index (χ3n) is 3.94. The number of aromatic nitrogens is 1. The zero-order valence-corrected chi connectivity index (χ0v) is 10.9. The third kappa shape index (κ3) is 3.22. The van der Waals surface area contributed by atoms with Gasteiger partial charge >= 0.3 is 0 Å². The Labute approximate surface area is 109 Å². The minimum atomic E-state index is 0.730. The van der Waals surface area contributed by atoms with E-state index < -0.39 is 0 Å². The van der Waals surface area contributed by atoms with Gasteiger partial charge < -0.3 is 10.1 Å². The van der Waals surface area contributed by atoms with Gasteiger partial charge in [-0.1, -0.05) is 18.9 Å². The fourth-order valence-corrected chi connectivity index (χ4v) is 2.60. The van der Waals surface area contributed by atoms with Gasteiger partial charge in [0, 0.05) is 24.3 Å². The van der Waals surface area contributed by atoms with E-state index in [0.29, 0.717) is 0 Å². The highest BCUT2D eigenvalue weighted by Crippen LogP contribution is 2.26. The Morgan fingerprint density at radius 1 is 1.22 bits per heavy atom. The Bertz CT molecular complexity index is 384. The van der Waals surface area contributed by atoms with Crippen molar-refractivity contribution in [3.63, 3.8) is 0 Å². The minimum Gasteiger partial charge on any atom is -0.477 e. The molecule has 1 aromatic rings. The lowest BCUT2D eigenvalue weighted by Crippen LogP contribution is -2.17. The average molecular weight is 246 g/mol. The molecule has 2 aliphatic rings. The first-order valence-corrected chi connectivity index (χ1v) is 7.22.